The van der Waals surface area contributed by atoms with Crippen LogP contribution in [0.4, 0.5) is 11.4 Å². The lowest BCUT2D eigenvalue weighted by molar-refractivity contribution is -0.384. The van der Waals surface area contributed by atoms with Crippen LogP contribution in [0.25, 0.3) is 0 Å². The van der Waals surface area contributed by atoms with Crippen molar-refractivity contribution in [3.05, 3.63) is 73.7 Å². The number of non-ortho nitro benzene ring substituents is 1. The SMILES string of the molecule is Cc1csc(Sc2ccc([N+](=O)[O-])cc2C(=O)OCC(=O)Nc2ccc(C#N)c(Cl)c2)n1. The standard InChI is InChI=1S/C20H13ClN4O5S2/c1-11-10-31-20(23-11)32-17-5-4-14(25(28)29)7-15(17)19(27)30-9-18(26)24-13-3-2-12(8-22)16(21)6-13/h2-7,10H,9H2,1H3,(H,24,26). The van der Waals surface area contributed by atoms with Gasteiger partial charge < -0.3 is 10.1 Å². The third kappa shape index (κ3) is 5.82. The minimum atomic E-state index is -0.891. The number of aryl methyl sites for hydroxylation is 1. The molecule has 0 unspecified atom stereocenters. The number of hydrogen-bond acceptors (Lipinski definition) is 9. The van der Waals surface area contributed by atoms with E-state index in [0.717, 1.165) is 11.8 Å². The van der Waals surface area contributed by atoms with E-state index in [1.807, 2.05) is 18.4 Å². The van der Waals surface area contributed by atoms with E-state index in [2.05, 4.69) is 10.3 Å². The summed E-state index contributed by atoms with van der Waals surface area (Å²) in [5.74, 6) is -1.54. The smallest absolute Gasteiger partial charge is 0.340 e. The molecule has 3 aromatic rings. The van der Waals surface area contributed by atoms with Gasteiger partial charge in [0.15, 0.2) is 10.9 Å². The maximum atomic E-state index is 12.6. The number of amides is 1. The molecule has 3 rings (SSSR count). The van der Waals surface area contributed by atoms with Gasteiger partial charge in [0.25, 0.3) is 11.6 Å². The summed E-state index contributed by atoms with van der Waals surface area (Å²) >= 11 is 8.46. The Morgan fingerprint density at radius 3 is 2.75 bits per heavy atom. The van der Waals surface area contributed by atoms with E-state index in [4.69, 9.17) is 21.6 Å². The minimum Gasteiger partial charge on any atom is -0.452 e. The number of nitro benzene ring substituents is 1. The summed E-state index contributed by atoms with van der Waals surface area (Å²) in [6, 6.07) is 10.0. The van der Waals surface area contributed by atoms with Crippen molar-refractivity contribution in [3.8, 4) is 6.07 Å². The van der Waals surface area contributed by atoms with Gasteiger partial charge >= 0.3 is 5.97 Å². The summed E-state index contributed by atoms with van der Waals surface area (Å²) in [5.41, 5.74) is 1.05. The van der Waals surface area contributed by atoms with Crippen LogP contribution in [0.15, 0.2) is 51.0 Å². The third-order valence-electron chi connectivity index (χ3n) is 3.90. The van der Waals surface area contributed by atoms with Crippen molar-refractivity contribution < 1.29 is 19.2 Å². The van der Waals surface area contributed by atoms with E-state index in [1.54, 1.807) is 0 Å². The molecule has 2 aromatic carbocycles. The Morgan fingerprint density at radius 1 is 1.34 bits per heavy atom. The zero-order valence-electron chi connectivity index (χ0n) is 16.3. The lowest BCUT2D eigenvalue weighted by Crippen LogP contribution is -2.21. The Balaban J connectivity index is 1.72. The van der Waals surface area contributed by atoms with Gasteiger partial charge in [0.05, 0.1) is 21.1 Å². The van der Waals surface area contributed by atoms with Crippen molar-refractivity contribution in [2.24, 2.45) is 0 Å². The summed E-state index contributed by atoms with van der Waals surface area (Å²) in [7, 11) is 0. The molecule has 1 heterocycles. The molecular formula is C20H13ClN4O5S2. The maximum Gasteiger partial charge on any atom is 0.340 e. The summed E-state index contributed by atoms with van der Waals surface area (Å²) in [6.45, 7) is 1.20. The van der Waals surface area contributed by atoms with Crippen LogP contribution in [0.2, 0.25) is 5.02 Å². The predicted octanol–water partition coefficient (Wildman–Crippen LogP) is 4.83. The van der Waals surface area contributed by atoms with Gasteiger partial charge in [-0.3, -0.25) is 14.9 Å². The Kier molecular flexibility index (Phi) is 7.42. The highest BCUT2D eigenvalue weighted by atomic mass is 35.5. The number of hydrogen-bond donors (Lipinski definition) is 1. The molecule has 0 aliphatic rings. The van der Waals surface area contributed by atoms with E-state index in [-0.39, 0.29) is 21.8 Å². The van der Waals surface area contributed by atoms with Crippen molar-refractivity contribution >= 4 is 58.0 Å². The molecule has 0 spiro atoms. The van der Waals surface area contributed by atoms with E-state index < -0.39 is 23.4 Å². The zero-order valence-corrected chi connectivity index (χ0v) is 18.7. The second-order valence-corrected chi connectivity index (χ2v) is 8.78. The van der Waals surface area contributed by atoms with Gasteiger partial charge in [-0.25, -0.2) is 9.78 Å². The number of ether oxygens (including phenoxy) is 1. The minimum absolute atomic E-state index is 0.0497. The van der Waals surface area contributed by atoms with Crippen LogP contribution in [0, 0.1) is 28.4 Å². The molecule has 0 bridgehead atoms. The third-order valence-corrected chi connectivity index (χ3v) is 6.34. The predicted molar refractivity (Wildman–Crippen MR) is 119 cm³/mol. The summed E-state index contributed by atoms with van der Waals surface area (Å²) < 4.78 is 5.72. The van der Waals surface area contributed by atoms with Gasteiger partial charge in [-0.2, -0.15) is 5.26 Å². The fraction of sp³-hybridized carbons (Fsp3) is 0.100. The molecule has 1 amide bonds. The summed E-state index contributed by atoms with van der Waals surface area (Å²) in [5, 5.41) is 24.5. The van der Waals surface area contributed by atoms with Gasteiger partial charge in [0.2, 0.25) is 0 Å². The van der Waals surface area contributed by atoms with Gasteiger partial charge in [-0.05, 0) is 31.2 Å². The quantitative estimate of drug-likeness (QED) is 0.283. The number of anilines is 1. The zero-order chi connectivity index (χ0) is 23.3. The summed E-state index contributed by atoms with van der Waals surface area (Å²) in [6.07, 6.45) is 0. The molecule has 0 saturated carbocycles. The van der Waals surface area contributed by atoms with Crippen LogP contribution in [0.1, 0.15) is 21.6 Å². The first-order valence-corrected chi connectivity index (χ1v) is 10.9. The van der Waals surface area contributed by atoms with Crippen LogP contribution in [0.5, 0.6) is 0 Å². The molecule has 0 atom stereocenters. The van der Waals surface area contributed by atoms with E-state index >= 15 is 0 Å². The Hall–Kier alpha value is -3.46. The van der Waals surface area contributed by atoms with Crippen LogP contribution in [-0.4, -0.2) is 28.4 Å². The number of nitro groups is 1. The van der Waals surface area contributed by atoms with Gasteiger partial charge in [0, 0.05) is 33.8 Å². The van der Waals surface area contributed by atoms with E-state index in [0.29, 0.717) is 14.9 Å². The highest BCUT2D eigenvalue weighted by molar-refractivity contribution is 8.01. The fourth-order valence-electron chi connectivity index (χ4n) is 2.44. The van der Waals surface area contributed by atoms with Crippen LogP contribution >= 0.6 is 34.7 Å². The van der Waals surface area contributed by atoms with E-state index in [9.17, 15) is 19.7 Å². The molecule has 9 nitrogen and oxygen atoms in total. The number of aromatic nitrogens is 1. The average molecular weight is 489 g/mol. The molecule has 0 aliphatic heterocycles. The fourth-order valence-corrected chi connectivity index (χ4v) is 4.56. The molecule has 0 aliphatic carbocycles. The average Bonchev–Trinajstić information content (AvgIpc) is 3.16. The Bertz CT molecular complexity index is 1260. The van der Waals surface area contributed by atoms with Gasteiger partial charge in [0.1, 0.15) is 6.07 Å². The summed E-state index contributed by atoms with van der Waals surface area (Å²) in [4.78, 5) is 40.0. The number of rotatable bonds is 7. The Morgan fingerprint density at radius 2 is 2.12 bits per heavy atom. The van der Waals surface area contributed by atoms with Crippen molar-refractivity contribution in [1.82, 2.24) is 4.98 Å². The van der Waals surface area contributed by atoms with Crippen molar-refractivity contribution in [3.63, 3.8) is 0 Å². The largest absolute Gasteiger partial charge is 0.452 e. The highest BCUT2D eigenvalue weighted by Crippen LogP contribution is 2.34. The number of esters is 1. The lowest BCUT2D eigenvalue weighted by Gasteiger charge is -2.09. The first-order valence-electron chi connectivity index (χ1n) is 8.82. The number of thiazole rings is 1. The molecule has 32 heavy (non-hydrogen) atoms. The van der Waals surface area contributed by atoms with Gasteiger partial charge in [-0.15, -0.1) is 11.3 Å². The number of carbonyl (C=O) groups is 2. The molecule has 1 N–H and O–H groups in total. The molecule has 162 valence electrons. The number of carbonyl (C=O) groups excluding carboxylic acids is 2. The number of benzene rings is 2. The van der Waals surface area contributed by atoms with Crippen molar-refractivity contribution in [2.75, 3.05) is 11.9 Å². The van der Waals surface area contributed by atoms with E-state index in [1.165, 1.54) is 53.4 Å². The molecular weight excluding hydrogens is 476 g/mol. The van der Waals surface area contributed by atoms with Crippen molar-refractivity contribution in [1.29, 1.82) is 5.26 Å². The second kappa shape index (κ2) is 10.2. The maximum absolute atomic E-state index is 12.6. The molecule has 0 fully saturated rings. The molecule has 0 saturated heterocycles. The molecule has 1 aromatic heterocycles. The highest BCUT2D eigenvalue weighted by Gasteiger charge is 2.20. The van der Waals surface area contributed by atoms with Crippen LogP contribution in [-0.2, 0) is 9.53 Å². The van der Waals surface area contributed by atoms with Gasteiger partial charge in [-0.1, -0.05) is 23.4 Å². The van der Waals surface area contributed by atoms with Crippen LogP contribution in [0.3, 0.4) is 0 Å². The normalized spacial score (nSPS) is 10.3. The first kappa shape index (κ1) is 23.2. The van der Waals surface area contributed by atoms with Crippen molar-refractivity contribution in [2.45, 2.75) is 16.2 Å². The Labute approximate surface area is 195 Å². The number of halogens is 1. The number of nitrogens with zero attached hydrogens (tertiary/aromatic N) is 3. The number of nitriles is 1. The molecule has 12 heteroatoms. The second-order valence-electron chi connectivity index (χ2n) is 6.23. The number of nitrogens with one attached hydrogen (secondary N) is 1. The monoisotopic (exact) mass is 488 g/mol. The lowest BCUT2D eigenvalue weighted by atomic mass is 10.2. The topological polar surface area (TPSA) is 135 Å². The first-order chi connectivity index (χ1) is 15.3. The molecule has 0 radical (unpaired) electrons. The van der Waals surface area contributed by atoms with Crippen LogP contribution < -0.4 is 5.32 Å².